The number of hydrogen-bond acceptors (Lipinski definition) is 7. The number of halogens is 1. The number of hydrogen-bond donors (Lipinski definition) is 1. The van der Waals surface area contributed by atoms with Gasteiger partial charge in [0.25, 0.3) is 0 Å². The van der Waals surface area contributed by atoms with Crippen molar-refractivity contribution in [1.29, 1.82) is 0 Å². The van der Waals surface area contributed by atoms with Crippen molar-refractivity contribution < 1.29 is 9.13 Å². The summed E-state index contributed by atoms with van der Waals surface area (Å²) >= 11 is 0. The fourth-order valence-corrected chi connectivity index (χ4v) is 4.32. The van der Waals surface area contributed by atoms with E-state index in [1.807, 2.05) is 25.4 Å². The smallest absolute Gasteiger partial charge is 0.225 e. The Hall–Kier alpha value is -3.49. The molecule has 1 unspecified atom stereocenters. The van der Waals surface area contributed by atoms with Crippen LogP contribution >= 0.6 is 0 Å². The quantitative estimate of drug-likeness (QED) is 0.303. The van der Waals surface area contributed by atoms with Gasteiger partial charge in [0.15, 0.2) is 0 Å². The number of aryl methyl sites for hydroxylation is 2. The highest BCUT2D eigenvalue weighted by Crippen LogP contribution is 2.26. The minimum atomic E-state index is -0.322. The number of nitrogens with zero attached hydrogens (tertiary/aromatic N) is 6. The van der Waals surface area contributed by atoms with E-state index in [9.17, 15) is 4.39 Å². The largest absolute Gasteiger partial charge is 0.479 e. The Labute approximate surface area is 219 Å². The Bertz CT molecular complexity index is 1200. The molecule has 0 saturated carbocycles. The van der Waals surface area contributed by atoms with Crippen molar-refractivity contribution in [3.63, 3.8) is 0 Å². The number of nitrogens with one attached hydrogen (secondary N) is 1. The summed E-state index contributed by atoms with van der Waals surface area (Å²) in [5, 5.41) is 7.74. The highest BCUT2D eigenvalue weighted by molar-refractivity contribution is 5.78. The number of imidazole rings is 1. The van der Waals surface area contributed by atoms with E-state index in [0.717, 1.165) is 56.0 Å². The Morgan fingerprint density at radius 3 is 2.57 bits per heavy atom. The summed E-state index contributed by atoms with van der Waals surface area (Å²) in [6, 6.07) is 5.04. The third kappa shape index (κ3) is 6.45. The summed E-state index contributed by atoms with van der Waals surface area (Å²) in [4.78, 5) is 15.9. The van der Waals surface area contributed by atoms with Crippen molar-refractivity contribution in [2.45, 2.75) is 53.4 Å². The van der Waals surface area contributed by atoms with Crippen LogP contribution in [0.3, 0.4) is 0 Å². The molecule has 1 N–H and O–H groups in total. The standard InChI is InChI=1S/C28H38FN7O/c1-6-19(3)27(34-36-17-26(33-20(36)4)24-9-8-23(30-5)14-25(24)29)37-18-22-10-12-35(13-11-22)28-31-15-21(7-2)16-32-28/h8-9,14-17,19,22,30H,6-7,10-13,18H2,1-5H3/b34-27+. The van der Waals surface area contributed by atoms with Crippen molar-refractivity contribution in [1.82, 2.24) is 19.6 Å². The van der Waals surface area contributed by atoms with E-state index < -0.39 is 0 Å². The first-order valence-electron chi connectivity index (χ1n) is 13.2. The van der Waals surface area contributed by atoms with E-state index in [1.54, 1.807) is 24.0 Å². The van der Waals surface area contributed by atoms with Crippen LogP contribution in [0.2, 0.25) is 0 Å². The predicted molar refractivity (Wildman–Crippen MR) is 146 cm³/mol. The van der Waals surface area contributed by atoms with Gasteiger partial charge in [-0.05, 0) is 62.3 Å². The van der Waals surface area contributed by atoms with Crippen molar-refractivity contribution in [3.8, 4) is 11.3 Å². The summed E-state index contributed by atoms with van der Waals surface area (Å²) in [5.41, 5.74) is 2.87. The number of aromatic nitrogens is 4. The summed E-state index contributed by atoms with van der Waals surface area (Å²) in [6.07, 6.45) is 9.49. The molecule has 3 aromatic rings. The zero-order chi connectivity index (χ0) is 26.4. The summed E-state index contributed by atoms with van der Waals surface area (Å²) in [6.45, 7) is 10.7. The molecule has 0 amide bonds. The molecule has 1 aliphatic rings. The molecule has 1 atom stereocenters. The molecule has 0 aliphatic carbocycles. The van der Waals surface area contributed by atoms with E-state index >= 15 is 0 Å². The molecule has 37 heavy (non-hydrogen) atoms. The Morgan fingerprint density at radius 1 is 1.22 bits per heavy atom. The number of ether oxygens (including phenoxy) is 1. The van der Waals surface area contributed by atoms with Gasteiger partial charge < -0.3 is 15.0 Å². The van der Waals surface area contributed by atoms with Crippen LogP contribution in [0.5, 0.6) is 0 Å². The fraction of sp³-hybridized carbons (Fsp3) is 0.500. The maximum absolute atomic E-state index is 14.6. The molecular weight excluding hydrogens is 469 g/mol. The highest BCUT2D eigenvalue weighted by Gasteiger charge is 2.23. The first kappa shape index (κ1) is 26.6. The van der Waals surface area contributed by atoms with Gasteiger partial charge in [-0.2, -0.15) is 0 Å². The topological polar surface area (TPSA) is 80.5 Å². The minimum Gasteiger partial charge on any atom is -0.479 e. The molecule has 3 heterocycles. The maximum atomic E-state index is 14.6. The molecule has 0 bridgehead atoms. The second kappa shape index (κ2) is 12.2. The molecule has 198 valence electrons. The summed E-state index contributed by atoms with van der Waals surface area (Å²) < 4.78 is 22.6. The van der Waals surface area contributed by atoms with E-state index in [1.165, 1.54) is 6.07 Å². The molecule has 9 heteroatoms. The maximum Gasteiger partial charge on any atom is 0.225 e. The van der Waals surface area contributed by atoms with Crippen molar-refractivity contribution in [2.75, 3.05) is 37.0 Å². The van der Waals surface area contributed by atoms with E-state index in [4.69, 9.17) is 9.84 Å². The minimum absolute atomic E-state index is 0.155. The third-order valence-electron chi connectivity index (χ3n) is 7.10. The highest BCUT2D eigenvalue weighted by atomic mass is 19.1. The van der Waals surface area contributed by atoms with Crippen molar-refractivity contribution in [3.05, 3.63) is 54.0 Å². The molecule has 4 rings (SSSR count). The van der Waals surface area contributed by atoms with Crippen molar-refractivity contribution in [2.24, 2.45) is 16.9 Å². The first-order valence-corrected chi connectivity index (χ1v) is 13.2. The fourth-order valence-electron chi connectivity index (χ4n) is 4.32. The Kier molecular flexibility index (Phi) is 8.74. The van der Waals surface area contributed by atoms with Crippen LogP contribution in [-0.2, 0) is 11.2 Å². The van der Waals surface area contributed by atoms with E-state index in [-0.39, 0.29) is 11.7 Å². The summed E-state index contributed by atoms with van der Waals surface area (Å²) in [5.74, 6) is 2.45. The molecule has 2 aromatic heterocycles. The van der Waals surface area contributed by atoms with Gasteiger partial charge in [-0.1, -0.05) is 20.8 Å². The SMILES string of the molecule is CCc1cnc(N2CCC(CO/C(=N/n3cc(-c4ccc(NC)cc4F)nc3C)C(C)CC)CC2)nc1. The second-order valence-electron chi connectivity index (χ2n) is 9.70. The number of benzene rings is 1. The molecule has 1 saturated heterocycles. The van der Waals surface area contributed by atoms with Crippen molar-refractivity contribution >= 4 is 17.5 Å². The van der Waals surface area contributed by atoms with Gasteiger partial charge in [0.2, 0.25) is 11.8 Å². The lowest BCUT2D eigenvalue weighted by Gasteiger charge is -2.32. The first-order chi connectivity index (χ1) is 17.9. The number of rotatable bonds is 9. The monoisotopic (exact) mass is 507 g/mol. The number of piperidine rings is 1. The van der Waals surface area contributed by atoms with Gasteiger partial charge in [-0.3, -0.25) is 0 Å². The lowest BCUT2D eigenvalue weighted by atomic mass is 9.98. The van der Waals surface area contributed by atoms with Crippen LogP contribution in [0.4, 0.5) is 16.0 Å². The van der Waals surface area contributed by atoms with Crippen LogP contribution in [0.1, 0.15) is 51.4 Å². The Morgan fingerprint density at radius 2 is 1.95 bits per heavy atom. The van der Waals surface area contributed by atoms with E-state index in [0.29, 0.717) is 35.5 Å². The molecule has 8 nitrogen and oxygen atoms in total. The molecule has 1 aliphatic heterocycles. The summed E-state index contributed by atoms with van der Waals surface area (Å²) in [7, 11) is 1.77. The van der Waals surface area contributed by atoms with Crippen LogP contribution < -0.4 is 10.2 Å². The molecular formula is C28H38FN7O. The van der Waals surface area contributed by atoms with Crippen LogP contribution in [0.15, 0.2) is 41.9 Å². The molecule has 0 spiro atoms. The van der Waals surface area contributed by atoms with E-state index in [2.05, 4.69) is 45.9 Å². The second-order valence-corrected chi connectivity index (χ2v) is 9.70. The lowest BCUT2D eigenvalue weighted by molar-refractivity contribution is 0.198. The lowest BCUT2D eigenvalue weighted by Crippen LogP contribution is -2.36. The normalized spacial score (nSPS) is 15.6. The average Bonchev–Trinajstić information content (AvgIpc) is 3.30. The molecule has 1 fully saturated rings. The van der Waals surface area contributed by atoms with Gasteiger partial charge >= 0.3 is 0 Å². The third-order valence-corrected chi connectivity index (χ3v) is 7.10. The van der Waals surface area contributed by atoms with Crippen LogP contribution in [-0.4, -0.2) is 52.3 Å². The van der Waals surface area contributed by atoms with Crippen LogP contribution in [0.25, 0.3) is 11.3 Å². The zero-order valence-electron chi connectivity index (χ0n) is 22.5. The van der Waals surface area contributed by atoms with Gasteiger partial charge in [-0.25, -0.2) is 24.0 Å². The van der Waals surface area contributed by atoms with Gasteiger partial charge in [0.05, 0.1) is 18.5 Å². The molecule has 0 radical (unpaired) electrons. The average molecular weight is 508 g/mol. The van der Waals surface area contributed by atoms with Crippen LogP contribution in [0, 0.1) is 24.6 Å². The van der Waals surface area contributed by atoms with Gasteiger partial charge in [0.1, 0.15) is 11.6 Å². The molecule has 1 aromatic carbocycles. The number of anilines is 2. The Balaban J connectivity index is 1.41. The zero-order valence-corrected chi connectivity index (χ0v) is 22.5. The predicted octanol–water partition coefficient (Wildman–Crippen LogP) is 5.53. The van der Waals surface area contributed by atoms with Gasteiger partial charge in [0, 0.05) is 49.7 Å². The van der Waals surface area contributed by atoms with Gasteiger partial charge in [-0.15, -0.1) is 5.10 Å².